The molecule has 13 heteroatoms. The van der Waals surface area contributed by atoms with E-state index in [1.807, 2.05) is 19.2 Å². The van der Waals surface area contributed by atoms with E-state index in [0.29, 0.717) is 55.6 Å². The van der Waals surface area contributed by atoms with E-state index < -0.39 is 12.2 Å². The van der Waals surface area contributed by atoms with Crippen molar-refractivity contribution in [2.75, 3.05) is 69.6 Å². The first-order valence-electron chi connectivity index (χ1n) is 14.1. The Labute approximate surface area is 241 Å². The SMILES string of the molecule is CN1CCN(C2(C(=O)Nc3cc(-n4cnc5cc(N6CCN(C=O)CC6)ccc5c4=O)ccc3OC(F)F)CC2)CC1. The van der Waals surface area contributed by atoms with Gasteiger partial charge in [-0.1, -0.05) is 0 Å². The molecule has 0 atom stereocenters. The van der Waals surface area contributed by atoms with Crippen LogP contribution >= 0.6 is 0 Å². The van der Waals surface area contributed by atoms with E-state index in [1.165, 1.54) is 29.1 Å². The number of alkyl halides is 2. The van der Waals surface area contributed by atoms with Crippen LogP contribution in [0.5, 0.6) is 5.75 Å². The molecule has 11 nitrogen and oxygen atoms in total. The molecule has 2 aromatic carbocycles. The highest BCUT2D eigenvalue weighted by atomic mass is 19.3. The van der Waals surface area contributed by atoms with Gasteiger partial charge in [-0.05, 0) is 56.3 Å². The number of halogens is 2. The molecule has 2 amide bonds. The molecule has 1 aliphatic carbocycles. The third-order valence-electron chi connectivity index (χ3n) is 8.53. The molecule has 1 aromatic heterocycles. The number of hydrogen-bond acceptors (Lipinski definition) is 8. The first kappa shape index (κ1) is 28.0. The molecule has 42 heavy (non-hydrogen) atoms. The zero-order chi connectivity index (χ0) is 29.4. The van der Waals surface area contributed by atoms with Crippen molar-refractivity contribution in [3.05, 3.63) is 53.1 Å². The van der Waals surface area contributed by atoms with Crippen LogP contribution in [0.4, 0.5) is 20.2 Å². The smallest absolute Gasteiger partial charge is 0.387 e. The van der Waals surface area contributed by atoms with E-state index in [-0.39, 0.29) is 22.9 Å². The molecule has 222 valence electrons. The topological polar surface area (TPSA) is 103 Å². The Hall–Kier alpha value is -4.10. The van der Waals surface area contributed by atoms with Gasteiger partial charge < -0.3 is 24.8 Å². The Bertz CT molecular complexity index is 1540. The molecular formula is C29H33F2N7O4. The average Bonchev–Trinajstić information content (AvgIpc) is 3.81. The van der Waals surface area contributed by atoms with Gasteiger partial charge in [0.2, 0.25) is 12.3 Å². The largest absolute Gasteiger partial charge is 0.433 e. The van der Waals surface area contributed by atoms with Gasteiger partial charge in [-0.3, -0.25) is 23.9 Å². The van der Waals surface area contributed by atoms with Gasteiger partial charge in [0.05, 0.1) is 22.3 Å². The Morgan fingerprint density at radius 2 is 1.71 bits per heavy atom. The highest BCUT2D eigenvalue weighted by molar-refractivity contribution is 6.01. The number of carbonyl (C=O) groups excluding carboxylic acids is 2. The summed E-state index contributed by atoms with van der Waals surface area (Å²) in [5.41, 5.74) is 0.831. The van der Waals surface area contributed by atoms with Crippen LogP contribution in [0.2, 0.25) is 0 Å². The Morgan fingerprint density at radius 1 is 1.00 bits per heavy atom. The number of benzene rings is 2. The Morgan fingerprint density at radius 3 is 2.38 bits per heavy atom. The molecule has 3 aliphatic rings. The lowest BCUT2D eigenvalue weighted by Crippen LogP contribution is -2.54. The molecule has 6 rings (SSSR count). The average molecular weight is 582 g/mol. The molecule has 0 spiro atoms. The van der Waals surface area contributed by atoms with Gasteiger partial charge in [-0.2, -0.15) is 8.78 Å². The summed E-state index contributed by atoms with van der Waals surface area (Å²) in [6.45, 7) is 2.71. The Balaban J connectivity index is 1.27. The van der Waals surface area contributed by atoms with E-state index >= 15 is 0 Å². The molecule has 0 bridgehead atoms. The summed E-state index contributed by atoms with van der Waals surface area (Å²) in [4.78, 5) is 50.7. The van der Waals surface area contributed by atoms with Crippen molar-refractivity contribution in [1.29, 1.82) is 0 Å². The van der Waals surface area contributed by atoms with Crippen LogP contribution in [-0.4, -0.2) is 108 Å². The van der Waals surface area contributed by atoms with Crippen LogP contribution in [0.3, 0.4) is 0 Å². The minimum absolute atomic E-state index is 0.0648. The summed E-state index contributed by atoms with van der Waals surface area (Å²) in [5, 5.41) is 3.21. The number of anilines is 2. The predicted molar refractivity (Wildman–Crippen MR) is 153 cm³/mol. The fourth-order valence-corrected chi connectivity index (χ4v) is 5.82. The minimum atomic E-state index is -3.08. The third-order valence-corrected chi connectivity index (χ3v) is 8.53. The first-order chi connectivity index (χ1) is 20.3. The van der Waals surface area contributed by atoms with Crippen LogP contribution in [0.25, 0.3) is 16.6 Å². The zero-order valence-electron chi connectivity index (χ0n) is 23.3. The van der Waals surface area contributed by atoms with Gasteiger partial charge >= 0.3 is 6.61 Å². The van der Waals surface area contributed by atoms with Gasteiger partial charge in [0, 0.05) is 58.0 Å². The predicted octanol–water partition coefficient (Wildman–Crippen LogP) is 1.98. The summed E-state index contributed by atoms with van der Waals surface area (Å²) in [6, 6.07) is 9.68. The number of aromatic nitrogens is 2. The summed E-state index contributed by atoms with van der Waals surface area (Å²) >= 11 is 0. The van der Waals surface area contributed by atoms with E-state index in [0.717, 1.165) is 38.3 Å². The number of nitrogens with one attached hydrogen (secondary N) is 1. The number of rotatable bonds is 8. The molecule has 0 radical (unpaired) electrons. The molecule has 2 aliphatic heterocycles. The van der Waals surface area contributed by atoms with Gasteiger partial charge in [-0.25, -0.2) is 4.98 Å². The zero-order valence-corrected chi connectivity index (χ0v) is 23.3. The highest BCUT2D eigenvalue weighted by Gasteiger charge is 2.54. The summed E-state index contributed by atoms with van der Waals surface area (Å²) in [7, 11) is 2.04. The standard InChI is InChI=1S/C29H33F2N7O4/c1-34-8-14-37(15-9-34)29(6-7-29)27(41)33-24-17-21(3-5-25(24)42-28(30)31)38-18-32-23-16-20(2-4-22(23)26(38)40)36-12-10-35(19-39)11-13-36/h2-5,16-19,28H,6-15H2,1H3,(H,33,41). The molecular weight excluding hydrogens is 548 g/mol. The fraction of sp³-hybridized carbons (Fsp3) is 0.448. The van der Waals surface area contributed by atoms with Crippen molar-refractivity contribution in [3.63, 3.8) is 0 Å². The lowest BCUT2D eigenvalue weighted by atomic mass is 10.1. The molecule has 1 saturated carbocycles. The molecule has 0 unspecified atom stereocenters. The normalized spacial score (nSPS) is 19.2. The van der Waals surface area contributed by atoms with Gasteiger partial charge in [0.25, 0.3) is 5.56 Å². The lowest BCUT2D eigenvalue weighted by molar-refractivity contribution is -0.123. The number of fused-ring (bicyclic) bond motifs is 1. The maximum absolute atomic E-state index is 13.5. The lowest BCUT2D eigenvalue weighted by Gasteiger charge is -2.37. The minimum Gasteiger partial charge on any atom is -0.433 e. The van der Waals surface area contributed by atoms with Crippen molar-refractivity contribution in [2.45, 2.75) is 25.0 Å². The second-order valence-corrected chi connectivity index (χ2v) is 11.1. The van der Waals surface area contributed by atoms with Crippen molar-refractivity contribution < 1.29 is 23.1 Å². The van der Waals surface area contributed by atoms with Crippen molar-refractivity contribution >= 4 is 34.6 Å². The van der Waals surface area contributed by atoms with Crippen LogP contribution in [0.15, 0.2) is 47.5 Å². The molecule has 3 fully saturated rings. The van der Waals surface area contributed by atoms with Crippen molar-refractivity contribution in [1.82, 2.24) is 24.3 Å². The number of carbonyl (C=O) groups is 2. The molecule has 2 saturated heterocycles. The molecule has 3 heterocycles. The van der Waals surface area contributed by atoms with Crippen molar-refractivity contribution in [3.8, 4) is 11.4 Å². The summed E-state index contributed by atoms with van der Waals surface area (Å²) in [6.07, 6.45) is 3.62. The highest BCUT2D eigenvalue weighted by Crippen LogP contribution is 2.44. The molecule has 3 aromatic rings. The Kier molecular flexibility index (Phi) is 7.54. The number of nitrogens with zero attached hydrogens (tertiary/aromatic N) is 6. The van der Waals surface area contributed by atoms with Crippen LogP contribution in [0.1, 0.15) is 12.8 Å². The van der Waals surface area contributed by atoms with Crippen LogP contribution in [-0.2, 0) is 9.59 Å². The van der Waals surface area contributed by atoms with E-state index in [1.54, 1.807) is 11.0 Å². The monoisotopic (exact) mass is 581 g/mol. The number of piperazine rings is 2. The fourth-order valence-electron chi connectivity index (χ4n) is 5.82. The second kappa shape index (κ2) is 11.3. The maximum Gasteiger partial charge on any atom is 0.387 e. The second-order valence-electron chi connectivity index (χ2n) is 11.1. The maximum atomic E-state index is 13.5. The summed E-state index contributed by atoms with van der Waals surface area (Å²) < 4.78 is 32.5. The van der Waals surface area contributed by atoms with E-state index in [2.05, 4.69) is 25.0 Å². The van der Waals surface area contributed by atoms with E-state index in [4.69, 9.17) is 4.74 Å². The van der Waals surface area contributed by atoms with Crippen LogP contribution in [0, 0.1) is 0 Å². The van der Waals surface area contributed by atoms with Crippen LogP contribution < -0.4 is 20.5 Å². The quantitative estimate of drug-likeness (QED) is 0.403. The van der Waals surface area contributed by atoms with E-state index in [9.17, 15) is 23.2 Å². The number of amides is 2. The van der Waals surface area contributed by atoms with Gasteiger partial charge in [-0.15, -0.1) is 0 Å². The molecule has 1 N–H and O–H groups in total. The number of likely N-dealkylation sites (N-methyl/N-ethyl adjacent to an activating group) is 1. The number of ether oxygens (including phenoxy) is 1. The third kappa shape index (κ3) is 5.41. The summed E-state index contributed by atoms with van der Waals surface area (Å²) in [5.74, 6) is -0.453. The number of hydrogen-bond donors (Lipinski definition) is 1. The first-order valence-corrected chi connectivity index (χ1v) is 14.1. The van der Waals surface area contributed by atoms with Gasteiger partial charge in [0.1, 0.15) is 17.6 Å². The van der Waals surface area contributed by atoms with Gasteiger partial charge in [0.15, 0.2) is 0 Å². The van der Waals surface area contributed by atoms with Crippen molar-refractivity contribution in [2.24, 2.45) is 0 Å².